The van der Waals surface area contributed by atoms with Crippen LogP contribution in [0.2, 0.25) is 0 Å². The van der Waals surface area contributed by atoms with Gasteiger partial charge >= 0.3 is 0 Å². The third-order valence-electron chi connectivity index (χ3n) is 3.73. The number of rotatable bonds is 5. The molecule has 0 aliphatic carbocycles. The topological polar surface area (TPSA) is 32.7 Å². The minimum Gasteiger partial charge on any atom is -0.492 e. The molecular formula is C16H25NO2. The summed E-state index contributed by atoms with van der Waals surface area (Å²) in [5.74, 6) is 1.42. The number of nitrogens with zero attached hydrogens (tertiary/aromatic N) is 1. The highest BCUT2D eigenvalue weighted by molar-refractivity contribution is 5.32. The van der Waals surface area contributed by atoms with Crippen molar-refractivity contribution in [3.63, 3.8) is 0 Å². The molecule has 1 aliphatic rings. The van der Waals surface area contributed by atoms with Crippen LogP contribution in [0.15, 0.2) is 18.2 Å². The van der Waals surface area contributed by atoms with Crippen LogP contribution >= 0.6 is 0 Å². The van der Waals surface area contributed by atoms with E-state index in [1.54, 1.807) is 0 Å². The molecule has 1 aromatic carbocycles. The van der Waals surface area contributed by atoms with Gasteiger partial charge in [-0.15, -0.1) is 0 Å². The summed E-state index contributed by atoms with van der Waals surface area (Å²) in [6.07, 6.45) is 2.35. The van der Waals surface area contributed by atoms with Crippen molar-refractivity contribution in [2.24, 2.45) is 5.92 Å². The molecule has 19 heavy (non-hydrogen) atoms. The number of piperidine rings is 1. The van der Waals surface area contributed by atoms with Crippen LogP contribution in [0.3, 0.4) is 0 Å². The summed E-state index contributed by atoms with van der Waals surface area (Å²) in [5, 5.41) is 9.22. The summed E-state index contributed by atoms with van der Waals surface area (Å²) in [7, 11) is 0. The first-order valence-corrected chi connectivity index (χ1v) is 7.21. The molecule has 1 aliphatic heterocycles. The van der Waals surface area contributed by atoms with E-state index in [1.807, 2.05) is 0 Å². The van der Waals surface area contributed by atoms with Crippen LogP contribution in [0.25, 0.3) is 0 Å². The SMILES string of the molecule is Cc1cc(C)cc(OCCN2CCCC(CO)C2)c1. The summed E-state index contributed by atoms with van der Waals surface area (Å²) in [6, 6.07) is 6.32. The molecule has 3 nitrogen and oxygen atoms in total. The van der Waals surface area contributed by atoms with Crippen molar-refractivity contribution in [1.82, 2.24) is 4.90 Å². The fourth-order valence-corrected chi connectivity index (χ4v) is 2.81. The number of aliphatic hydroxyl groups is 1. The first kappa shape index (κ1) is 14.4. The first-order valence-electron chi connectivity index (χ1n) is 7.21. The van der Waals surface area contributed by atoms with E-state index >= 15 is 0 Å². The Bertz CT molecular complexity index is 385. The average Bonchev–Trinajstić information content (AvgIpc) is 2.38. The molecule has 0 aromatic heterocycles. The van der Waals surface area contributed by atoms with Crippen molar-refractivity contribution in [2.75, 3.05) is 32.8 Å². The molecule has 1 aromatic rings. The monoisotopic (exact) mass is 263 g/mol. The van der Waals surface area contributed by atoms with Crippen LogP contribution in [-0.4, -0.2) is 42.9 Å². The van der Waals surface area contributed by atoms with Crippen LogP contribution in [0.5, 0.6) is 5.75 Å². The van der Waals surface area contributed by atoms with E-state index in [0.29, 0.717) is 12.5 Å². The lowest BCUT2D eigenvalue weighted by Gasteiger charge is -2.31. The third kappa shape index (κ3) is 4.51. The summed E-state index contributed by atoms with van der Waals surface area (Å²) >= 11 is 0. The quantitative estimate of drug-likeness (QED) is 0.885. The molecule has 1 unspecified atom stereocenters. The molecular weight excluding hydrogens is 238 g/mol. The Hall–Kier alpha value is -1.06. The van der Waals surface area contributed by atoms with E-state index in [9.17, 15) is 5.11 Å². The van der Waals surface area contributed by atoms with Gasteiger partial charge < -0.3 is 9.84 Å². The molecule has 1 atom stereocenters. The van der Waals surface area contributed by atoms with E-state index in [1.165, 1.54) is 17.5 Å². The highest BCUT2D eigenvalue weighted by atomic mass is 16.5. The Balaban J connectivity index is 1.76. The number of hydrogen-bond donors (Lipinski definition) is 1. The van der Waals surface area contributed by atoms with Gasteiger partial charge in [0.05, 0.1) is 0 Å². The van der Waals surface area contributed by atoms with Gasteiger partial charge in [-0.05, 0) is 62.4 Å². The van der Waals surface area contributed by atoms with E-state index in [2.05, 4.69) is 36.9 Å². The Morgan fingerprint density at radius 3 is 2.68 bits per heavy atom. The number of aliphatic hydroxyl groups excluding tert-OH is 1. The lowest BCUT2D eigenvalue weighted by Crippen LogP contribution is -2.39. The Morgan fingerprint density at radius 2 is 2.00 bits per heavy atom. The molecule has 0 saturated carbocycles. The highest BCUT2D eigenvalue weighted by Crippen LogP contribution is 2.17. The van der Waals surface area contributed by atoms with Crippen molar-refractivity contribution in [2.45, 2.75) is 26.7 Å². The second-order valence-corrected chi connectivity index (χ2v) is 5.66. The van der Waals surface area contributed by atoms with Crippen LogP contribution < -0.4 is 4.74 Å². The summed E-state index contributed by atoms with van der Waals surface area (Å²) in [4.78, 5) is 2.40. The molecule has 106 valence electrons. The van der Waals surface area contributed by atoms with Crippen LogP contribution in [0, 0.1) is 19.8 Å². The number of ether oxygens (including phenoxy) is 1. The Morgan fingerprint density at radius 1 is 1.26 bits per heavy atom. The van der Waals surface area contributed by atoms with Gasteiger partial charge in [0.2, 0.25) is 0 Å². The number of aryl methyl sites for hydroxylation is 2. The molecule has 1 heterocycles. The zero-order valence-corrected chi connectivity index (χ0v) is 12.1. The van der Waals surface area contributed by atoms with Gasteiger partial charge in [0.25, 0.3) is 0 Å². The highest BCUT2D eigenvalue weighted by Gasteiger charge is 2.18. The molecule has 1 saturated heterocycles. The fourth-order valence-electron chi connectivity index (χ4n) is 2.81. The molecule has 1 N–H and O–H groups in total. The minimum atomic E-state index is 0.314. The van der Waals surface area contributed by atoms with Gasteiger partial charge in [0.1, 0.15) is 12.4 Å². The van der Waals surface area contributed by atoms with Crippen molar-refractivity contribution in [3.8, 4) is 5.75 Å². The second kappa shape index (κ2) is 6.92. The smallest absolute Gasteiger partial charge is 0.119 e. The van der Waals surface area contributed by atoms with Crippen LogP contribution in [0.4, 0.5) is 0 Å². The standard InChI is InChI=1S/C16H25NO2/c1-13-8-14(2)10-16(9-13)19-7-6-17-5-3-4-15(11-17)12-18/h8-10,15,18H,3-7,11-12H2,1-2H3. The van der Waals surface area contributed by atoms with E-state index in [0.717, 1.165) is 38.4 Å². The van der Waals surface area contributed by atoms with Crippen LogP contribution in [-0.2, 0) is 0 Å². The normalized spacial score (nSPS) is 20.5. The molecule has 0 radical (unpaired) electrons. The lowest BCUT2D eigenvalue weighted by molar-refractivity contribution is 0.107. The number of benzene rings is 1. The summed E-state index contributed by atoms with van der Waals surface area (Å²) in [5.41, 5.74) is 2.49. The maximum atomic E-state index is 9.22. The van der Waals surface area contributed by atoms with Crippen molar-refractivity contribution in [3.05, 3.63) is 29.3 Å². The predicted octanol–water partition coefficient (Wildman–Crippen LogP) is 2.39. The molecule has 2 rings (SSSR count). The summed E-state index contributed by atoms with van der Waals surface area (Å²) < 4.78 is 5.84. The molecule has 0 spiro atoms. The minimum absolute atomic E-state index is 0.314. The van der Waals surface area contributed by atoms with Gasteiger partial charge in [-0.1, -0.05) is 6.07 Å². The van der Waals surface area contributed by atoms with Gasteiger partial charge in [0, 0.05) is 19.7 Å². The van der Waals surface area contributed by atoms with Gasteiger partial charge in [-0.25, -0.2) is 0 Å². The van der Waals surface area contributed by atoms with E-state index in [4.69, 9.17) is 4.74 Å². The molecule has 0 bridgehead atoms. The number of likely N-dealkylation sites (tertiary alicyclic amines) is 1. The first-order chi connectivity index (χ1) is 9.17. The van der Waals surface area contributed by atoms with Gasteiger partial charge in [-0.3, -0.25) is 4.90 Å². The van der Waals surface area contributed by atoms with Crippen molar-refractivity contribution < 1.29 is 9.84 Å². The number of hydrogen-bond acceptors (Lipinski definition) is 3. The fraction of sp³-hybridized carbons (Fsp3) is 0.625. The zero-order chi connectivity index (χ0) is 13.7. The third-order valence-corrected chi connectivity index (χ3v) is 3.73. The van der Waals surface area contributed by atoms with Gasteiger partial charge in [0.15, 0.2) is 0 Å². The lowest BCUT2D eigenvalue weighted by atomic mass is 9.99. The Kier molecular flexibility index (Phi) is 5.23. The second-order valence-electron chi connectivity index (χ2n) is 5.66. The largest absolute Gasteiger partial charge is 0.492 e. The van der Waals surface area contributed by atoms with Crippen molar-refractivity contribution >= 4 is 0 Å². The average molecular weight is 263 g/mol. The maximum Gasteiger partial charge on any atom is 0.119 e. The van der Waals surface area contributed by atoms with E-state index < -0.39 is 0 Å². The molecule has 3 heteroatoms. The van der Waals surface area contributed by atoms with Gasteiger partial charge in [-0.2, -0.15) is 0 Å². The van der Waals surface area contributed by atoms with Crippen LogP contribution in [0.1, 0.15) is 24.0 Å². The maximum absolute atomic E-state index is 9.22. The zero-order valence-electron chi connectivity index (χ0n) is 12.1. The molecule has 1 fully saturated rings. The Labute approximate surface area is 116 Å². The molecule has 0 amide bonds. The van der Waals surface area contributed by atoms with E-state index in [-0.39, 0.29) is 0 Å². The predicted molar refractivity (Wildman–Crippen MR) is 77.7 cm³/mol. The van der Waals surface area contributed by atoms with Crippen molar-refractivity contribution in [1.29, 1.82) is 0 Å². The summed E-state index contributed by atoms with van der Waals surface area (Å²) in [6.45, 7) is 8.31.